The topological polar surface area (TPSA) is 142 Å². The van der Waals surface area contributed by atoms with Gasteiger partial charge in [-0.1, -0.05) is 29.8 Å². The van der Waals surface area contributed by atoms with E-state index in [2.05, 4.69) is 30.7 Å². The summed E-state index contributed by atoms with van der Waals surface area (Å²) < 4.78 is 0. The van der Waals surface area contributed by atoms with E-state index in [1.807, 2.05) is 24.3 Å². The van der Waals surface area contributed by atoms with Gasteiger partial charge in [0.1, 0.15) is 5.52 Å². The van der Waals surface area contributed by atoms with Crippen LogP contribution >= 0.6 is 11.6 Å². The Bertz CT molecular complexity index is 1220. The Morgan fingerprint density at radius 3 is 2.93 bits per heavy atom. The lowest BCUT2D eigenvalue weighted by molar-refractivity contribution is -0.385. The van der Waals surface area contributed by atoms with Crippen LogP contribution in [-0.2, 0) is 0 Å². The van der Waals surface area contributed by atoms with Crippen LogP contribution in [0.1, 0.15) is 5.56 Å². The van der Waals surface area contributed by atoms with E-state index in [1.54, 1.807) is 0 Å². The summed E-state index contributed by atoms with van der Waals surface area (Å²) in [4.78, 5) is 17.6. The van der Waals surface area contributed by atoms with Crippen LogP contribution in [0.2, 0.25) is 5.02 Å². The fourth-order valence-corrected chi connectivity index (χ4v) is 2.79. The number of hydrogen-bond donors (Lipinski definition) is 3. The van der Waals surface area contributed by atoms with Crippen molar-refractivity contribution in [3.05, 3.63) is 57.1 Å². The summed E-state index contributed by atoms with van der Waals surface area (Å²) in [6.07, 6.45) is 1.17. The van der Waals surface area contributed by atoms with Gasteiger partial charge in [0.2, 0.25) is 5.75 Å². The van der Waals surface area contributed by atoms with E-state index in [-0.39, 0.29) is 16.5 Å². The Morgan fingerprint density at radius 2 is 2.11 bits per heavy atom. The molecule has 0 atom stereocenters. The van der Waals surface area contributed by atoms with Crippen molar-refractivity contribution in [1.29, 1.82) is 0 Å². The maximum absolute atomic E-state index is 10.9. The molecule has 27 heavy (non-hydrogen) atoms. The number of phenols is 1. The molecule has 2 heterocycles. The summed E-state index contributed by atoms with van der Waals surface area (Å²) >= 11 is 5.83. The number of aromatic amines is 1. The predicted molar refractivity (Wildman–Crippen MR) is 100 cm³/mol. The van der Waals surface area contributed by atoms with Gasteiger partial charge in [0.15, 0.2) is 5.65 Å². The molecule has 0 bridgehead atoms. The number of benzene rings is 2. The number of anilines is 1. The Hall–Kier alpha value is -3.79. The lowest BCUT2D eigenvalue weighted by Crippen LogP contribution is -1.99. The summed E-state index contributed by atoms with van der Waals surface area (Å²) in [5.74, 6) is -0.429. The Labute approximate surface area is 155 Å². The van der Waals surface area contributed by atoms with Crippen molar-refractivity contribution >= 4 is 51.5 Å². The summed E-state index contributed by atoms with van der Waals surface area (Å²) in [6, 6.07) is 9.99. The predicted octanol–water partition coefficient (Wildman–Crippen LogP) is 3.22. The first-order chi connectivity index (χ1) is 13.0. The van der Waals surface area contributed by atoms with Gasteiger partial charge in [-0.25, -0.2) is 5.43 Å². The van der Waals surface area contributed by atoms with Gasteiger partial charge in [0.05, 0.1) is 11.1 Å². The van der Waals surface area contributed by atoms with Gasteiger partial charge in [-0.05, 0) is 12.1 Å². The van der Waals surface area contributed by atoms with Crippen molar-refractivity contribution in [3.8, 4) is 5.75 Å². The first-order valence-electron chi connectivity index (χ1n) is 7.60. The summed E-state index contributed by atoms with van der Waals surface area (Å²) in [6.45, 7) is 0. The third kappa shape index (κ3) is 3.09. The molecule has 2 aromatic heterocycles. The minimum atomic E-state index is -0.733. The molecule has 0 fully saturated rings. The molecule has 10 nitrogen and oxygen atoms in total. The first-order valence-corrected chi connectivity index (χ1v) is 7.98. The number of nitro benzene ring substituents is 1. The van der Waals surface area contributed by atoms with Crippen molar-refractivity contribution in [1.82, 2.24) is 20.2 Å². The smallest absolute Gasteiger partial charge is 0.312 e. The van der Waals surface area contributed by atoms with Crippen LogP contribution < -0.4 is 5.43 Å². The average Bonchev–Trinajstić information content (AvgIpc) is 3.01. The lowest BCUT2D eigenvalue weighted by atomic mass is 10.2. The highest BCUT2D eigenvalue weighted by atomic mass is 35.5. The van der Waals surface area contributed by atoms with Crippen molar-refractivity contribution < 1.29 is 10.0 Å². The van der Waals surface area contributed by atoms with Crippen molar-refractivity contribution in [3.63, 3.8) is 0 Å². The fraction of sp³-hybridized carbons (Fsp3) is 0. The average molecular weight is 384 g/mol. The molecule has 0 amide bonds. The Morgan fingerprint density at radius 1 is 1.30 bits per heavy atom. The lowest BCUT2D eigenvalue weighted by Gasteiger charge is -2.01. The highest BCUT2D eigenvalue weighted by Crippen LogP contribution is 2.32. The number of halogens is 1. The van der Waals surface area contributed by atoms with Crippen LogP contribution in [-0.4, -0.2) is 36.4 Å². The Balaban J connectivity index is 1.62. The summed E-state index contributed by atoms with van der Waals surface area (Å²) in [5, 5.41) is 33.8. The molecule has 11 heteroatoms. The third-order valence-electron chi connectivity index (χ3n) is 3.77. The molecule has 0 radical (unpaired) electrons. The molecular weight excluding hydrogens is 374 g/mol. The molecule has 0 spiro atoms. The van der Waals surface area contributed by atoms with Gasteiger partial charge < -0.3 is 10.1 Å². The molecule has 4 aromatic rings. The van der Waals surface area contributed by atoms with E-state index >= 15 is 0 Å². The van der Waals surface area contributed by atoms with Gasteiger partial charge in [-0.3, -0.25) is 10.1 Å². The molecule has 4 rings (SSSR count). The molecule has 3 N–H and O–H groups in total. The van der Waals surface area contributed by atoms with Gasteiger partial charge in [0, 0.05) is 27.6 Å². The number of H-pyrrole nitrogens is 1. The molecule has 0 unspecified atom stereocenters. The number of hydrazone groups is 1. The number of fused-ring (bicyclic) bond motifs is 3. The molecule has 0 aliphatic carbocycles. The van der Waals surface area contributed by atoms with Crippen LogP contribution in [0.5, 0.6) is 5.75 Å². The van der Waals surface area contributed by atoms with Gasteiger partial charge in [0.25, 0.3) is 5.95 Å². The number of nitrogens with one attached hydrogen (secondary N) is 2. The molecule has 0 saturated heterocycles. The highest BCUT2D eigenvalue weighted by Gasteiger charge is 2.17. The maximum atomic E-state index is 10.9. The standard InChI is InChI=1S/C16H10ClN7O3/c17-9-5-8(14(25)12(6-9)24(26)27)7-18-22-16-20-15-13(21-23-16)10-3-1-2-4-11(10)19-15/h1-7,25H,(H2,19,20,22,23)/b18-7-. The van der Waals surface area contributed by atoms with E-state index in [1.165, 1.54) is 12.3 Å². The second-order valence-electron chi connectivity index (χ2n) is 5.49. The minimum Gasteiger partial charge on any atom is -0.502 e. The number of aromatic nitrogens is 4. The molecular formula is C16H10ClN7O3. The van der Waals surface area contributed by atoms with Crippen molar-refractivity contribution in [2.75, 3.05) is 5.43 Å². The Kier molecular flexibility index (Phi) is 4.01. The quantitative estimate of drug-likeness (QED) is 0.279. The van der Waals surface area contributed by atoms with Gasteiger partial charge in [-0.15, -0.1) is 10.2 Å². The van der Waals surface area contributed by atoms with Gasteiger partial charge >= 0.3 is 5.69 Å². The van der Waals surface area contributed by atoms with Crippen LogP contribution in [0.4, 0.5) is 11.6 Å². The monoisotopic (exact) mass is 383 g/mol. The zero-order valence-electron chi connectivity index (χ0n) is 13.4. The van der Waals surface area contributed by atoms with Crippen LogP contribution in [0, 0.1) is 10.1 Å². The van der Waals surface area contributed by atoms with E-state index in [9.17, 15) is 15.2 Å². The zero-order chi connectivity index (χ0) is 19.0. The third-order valence-corrected chi connectivity index (χ3v) is 3.99. The number of hydrogen-bond acceptors (Lipinski definition) is 8. The van der Waals surface area contributed by atoms with E-state index < -0.39 is 16.4 Å². The van der Waals surface area contributed by atoms with Gasteiger partial charge in [-0.2, -0.15) is 10.1 Å². The number of rotatable bonds is 4. The van der Waals surface area contributed by atoms with E-state index in [0.29, 0.717) is 11.2 Å². The van der Waals surface area contributed by atoms with Crippen LogP contribution in [0.3, 0.4) is 0 Å². The van der Waals surface area contributed by atoms with Crippen molar-refractivity contribution in [2.45, 2.75) is 0 Å². The highest BCUT2D eigenvalue weighted by molar-refractivity contribution is 6.31. The normalized spacial score (nSPS) is 11.4. The molecule has 0 saturated carbocycles. The van der Waals surface area contributed by atoms with E-state index in [0.717, 1.165) is 17.0 Å². The first kappa shape index (κ1) is 16.7. The molecule has 134 valence electrons. The van der Waals surface area contributed by atoms with E-state index in [4.69, 9.17) is 11.6 Å². The van der Waals surface area contributed by atoms with Crippen molar-refractivity contribution in [2.24, 2.45) is 5.10 Å². The number of phenolic OH excluding ortho intramolecular Hbond substituents is 1. The maximum Gasteiger partial charge on any atom is 0.312 e. The molecule has 0 aliphatic heterocycles. The number of nitrogens with zero attached hydrogens (tertiary/aromatic N) is 5. The largest absolute Gasteiger partial charge is 0.502 e. The van der Waals surface area contributed by atoms with Crippen LogP contribution in [0.15, 0.2) is 41.5 Å². The molecule has 0 aliphatic rings. The molecule has 2 aromatic carbocycles. The number of nitro groups is 1. The van der Waals surface area contributed by atoms with Crippen LogP contribution in [0.25, 0.3) is 22.1 Å². The number of aromatic hydroxyl groups is 1. The summed E-state index contributed by atoms with van der Waals surface area (Å²) in [5.41, 5.74) is 4.16. The second-order valence-corrected chi connectivity index (χ2v) is 5.93. The number of para-hydroxylation sites is 1. The second kappa shape index (κ2) is 6.50. The minimum absolute atomic E-state index is 0.0707. The summed E-state index contributed by atoms with van der Waals surface area (Å²) in [7, 11) is 0. The fourth-order valence-electron chi connectivity index (χ4n) is 2.57. The zero-order valence-corrected chi connectivity index (χ0v) is 14.2. The SMILES string of the molecule is O=[N+]([O-])c1cc(Cl)cc(/C=N\Nc2nnc3c(n2)[nH]c2ccccc23)c1O.